The summed E-state index contributed by atoms with van der Waals surface area (Å²) in [6, 6.07) is -0.357. The van der Waals surface area contributed by atoms with E-state index in [-0.39, 0.29) is 36.4 Å². The number of carbonyl (C=O) groups is 3. The van der Waals surface area contributed by atoms with Gasteiger partial charge in [0.15, 0.2) is 5.78 Å². The van der Waals surface area contributed by atoms with Crippen LogP contribution in [0.1, 0.15) is 73.1 Å². The second-order valence-electron chi connectivity index (χ2n) is 9.58. The monoisotopic (exact) mass is 425 g/mol. The lowest BCUT2D eigenvalue weighted by molar-refractivity contribution is -0.137. The standard InChI is InChI=1S/C23H43N3O4/c1-14(2)13-25-18-8-6-7-17(11-18)21(28)12-19(16(5)27)23(30)26-20(9-10-24)22(29)15(3)4/h14-20,25,27H,6-13,24H2,1-5H3,(H,26,30)/t16-,17?,18?,19-,20-/m0/s1. The minimum Gasteiger partial charge on any atom is -0.393 e. The molecule has 1 aliphatic carbocycles. The first-order valence-corrected chi connectivity index (χ1v) is 11.5. The van der Waals surface area contributed by atoms with Gasteiger partial charge in [0.2, 0.25) is 5.91 Å². The third-order valence-corrected chi connectivity index (χ3v) is 5.97. The number of rotatable bonds is 13. The van der Waals surface area contributed by atoms with E-state index in [1.54, 1.807) is 13.8 Å². The van der Waals surface area contributed by atoms with E-state index in [1.165, 1.54) is 6.92 Å². The van der Waals surface area contributed by atoms with E-state index < -0.39 is 24.0 Å². The average Bonchev–Trinajstić information content (AvgIpc) is 2.69. The summed E-state index contributed by atoms with van der Waals surface area (Å²) in [6.45, 7) is 10.6. The summed E-state index contributed by atoms with van der Waals surface area (Å²) in [5.74, 6) is -1.13. The average molecular weight is 426 g/mol. The minimum atomic E-state index is -0.972. The molecule has 5 N–H and O–H groups in total. The maximum Gasteiger partial charge on any atom is 0.226 e. The molecule has 2 unspecified atom stereocenters. The maximum absolute atomic E-state index is 12.9. The lowest BCUT2D eigenvalue weighted by Crippen LogP contribution is -2.48. The van der Waals surface area contributed by atoms with Crippen LogP contribution in [0.25, 0.3) is 0 Å². The Labute approximate surface area is 181 Å². The number of aliphatic hydroxyl groups excluding tert-OH is 1. The molecule has 0 heterocycles. The number of aliphatic hydroxyl groups is 1. The van der Waals surface area contributed by atoms with Crippen LogP contribution in [0.5, 0.6) is 0 Å². The highest BCUT2D eigenvalue weighted by Gasteiger charge is 2.34. The number of nitrogens with one attached hydrogen (secondary N) is 2. The quantitative estimate of drug-likeness (QED) is 0.357. The number of hydrogen-bond donors (Lipinski definition) is 4. The fourth-order valence-electron chi connectivity index (χ4n) is 4.07. The molecule has 0 saturated heterocycles. The van der Waals surface area contributed by atoms with Gasteiger partial charge in [-0.3, -0.25) is 14.4 Å². The molecule has 1 saturated carbocycles. The lowest BCUT2D eigenvalue weighted by atomic mass is 9.79. The van der Waals surface area contributed by atoms with Gasteiger partial charge in [0.05, 0.1) is 18.1 Å². The topological polar surface area (TPSA) is 122 Å². The normalized spacial score (nSPS) is 22.6. The second kappa shape index (κ2) is 13.2. The number of carbonyl (C=O) groups excluding carboxylic acids is 3. The fraction of sp³-hybridized carbons (Fsp3) is 0.870. The Morgan fingerprint density at radius 1 is 1.10 bits per heavy atom. The molecule has 7 nitrogen and oxygen atoms in total. The Balaban J connectivity index is 2.74. The lowest BCUT2D eigenvalue weighted by Gasteiger charge is -2.31. The highest BCUT2D eigenvalue weighted by Crippen LogP contribution is 2.28. The van der Waals surface area contributed by atoms with Gasteiger partial charge < -0.3 is 21.5 Å². The first kappa shape index (κ1) is 26.7. The van der Waals surface area contributed by atoms with Crippen LogP contribution in [0.2, 0.25) is 0 Å². The van der Waals surface area contributed by atoms with Crippen molar-refractivity contribution in [3.05, 3.63) is 0 Å². The molecule has 0 aromatic rings. The molecule has 0 aliphatic heterocycles. The van der Waals surface area contributed by atoms with Crippen LogP contribution in [0, 0.1) is 23.7 Å². The van der Waals surface area contributed by atoms with Crippen molar-refractivity contribution < 1.29 is 19.5 Å². The van der Waals surface area contributed by atoms with Crippen LogP contribution in [0.4, 0.5) is 0 Å². The molecule has 1 amide bonds. The Hall–Kier alpha value is -1.31. The van der Waals surface area contributed by atoms with Crippen LogP contribution in [-0.2, 0) is 14.4 Å². The summed E-state index contributed by atoms with van der Waals surface area (Å²) in [5.41, 5.74) is 5.60. The van der Waals surface area contributed by atoms with Gasteiger partial charge >= 0.3 is 0 Å². The zero-order valence-electron chi connectivity index (χ0n) is 19.4. The summed E-state index contributed by atoms with van der Waals surface area (Å²) in [4.78, 5) is 38.1. The predicted molar refractivity (Wildman–Crippen MR) is 119 cm³/mol. The zero-order valence-corrected chi connectivity index (χ0v) is 19.4. The smallest absolute Gasteiger partial charge is 0.226 e. The Morgan fingerprint density at radius 3 is 2.30 bits per heavy atom. The van der Waals surface area contributed by atoms with Gasteiger partial charge in [0, 0.05) is 24.3 Å². The van der Waals surface area contributed by atoms with Gasteiger partial charge in [0.25, 0.3) is 0 Å². The first-order valence-electron chi connectivity index (χ1n) is 11.5. The summed E-state index contributed by atoms with van der Waals surface area (Å²) >= 11 is 0. The van der Waals surface area contributed by atoms with Gasteiger partial charge in [-0.05, 0) is 51.6 Å². The van der Waals surface area contributed by atoms with Crippen molar-refractivity contribution >= 4 is 17.5 Å². The molecular formula is C23H43N3O4. The highest BCUT2D eigenvalue weighted by atomic mass is 16.3. The zero-order chi connectivity index (χ0) is 22.8. The summed E-state index contributed by atoms with van der Waals surface area (Å²) in [7, 11) is 0. The second-order valence-corrected chi connectivity index (χ2v) is 9.58. The molecule has 174 valence electrons. The Kier molecular flexibility index (Phi) is 11.7. The summed E-state index contributed by atoms with van der Waals surface area (Å²) in [6.07, 6.45) is 3.02. The van der Waals surface area contributed by atoms with E-state index in [2.05, 4.69) is 24.5 Å². The van der Waals surface area contributed by atoms with Crippen LogP contribution >= 0.6 is 0 Å². The number of Topliss-reactive ketones (excluding diaryl/α,β-unsaturated/α-hetero) is 2. The molecule has 1 fully saturated rings. The van der Waals surface area contributed by atoms with Crippen molar-refractivity contribution in [2.75, 3.05) is 13.1 Å². The number of nitrogens with two attached hydrogens (primary N) is 1. The van der Waals surface area contributed by atoms with Crippen molar-refractivity contribution in [2.24, 2.45) is 29.4 Å². The summed E-state index contributed by atoms with van der Waals surface area (Å²) < 4.78 is 0. The van der Waals surface area contributed by atoms with E-state index >= 15 is 0 Å². The molecule has 0 bridgehead atoms. The van der Waals surface area contributed by atoms with Crippen molar-refractivity contribution in [2.45, 2.75) is 91.3 Å². The predicted octanol–water partition coefficient (Wildman–Crippen LogP) is 1.81. The highest BCUT2D eigenvalue weighted by molar-refractivity contribution is 5.93. The van der Waals surface area contributed by atoms with E-state index in [0.717, 1.165) is 32.2 Å². The van der Waals surface area contributed by atoms with E-state index in [9.17, 15) is 19.5 Å². The van der Waals surface area contributed by atoms with Crippen molar-refractivity contribution in [1.82, 2.24) is 10.6 Å². The molecule has 0 radical (unpaired) electrons. The van der Waals surface area contributed by atoms with Gasteiger partial charge in [-0.1, -0.05) is 34.1 Å². The molecule has 0 spiro atoms. The van der Waals surface area contributed by atoms with Gasteiger partial charge in [-0.15, -0.1) is 0 Å². The van der Waals surface area contributed by atoms with Crippen molar-refractivity contribution in [1.29, 1.82) is 0 Å². The molecule has 5 atom stereocenters. The molecule has 1 aliphatic rings. The molecule has 7 heteroatoms. The molecule has 1 rings (SSSR count). The van der Waals surface area contributed by atoms with Gasteiger partial charge in [-0.2, -0.15) is 0 Å². The fourth-order valence-corrected chi connectivity index (χ4v) is 4.07. The molecule has 0 aromatic heterocycles. The largest absolute Gasteiger partial charge is 0.393 e. The Morgan fingerprint density at radius 2 is 1.77 bits per heavy atom. The van der Waals surface area contributed by atoms with Crippen LogP contribution in [-0.4, -0.2) is 53.9 Å². The van der Waals surface area contributed by atoms with Crippen molar-refractivity contribution in [3.8, 4) is 0 Å². The molecule has 30 heavy (non-hydrogen) atoms. The van der Waals surface area contributed by atoms with E-state index in [4.69, 9.17) is 5.73 Å². The van der Waals surface area contributed by atoms with Gasteiger partial charge in [-0.25, -0.2) is 0 Å². The van der Waals surface area contributed by atoms with E-state index in [0.29, 0.717) is 18.4 Å². The Bertz CT molecular complexity index is 563. The minimum absolute atomic E-state index is 0.00369. The first-order chi connectivity index (χ1) is 14.1. The molecule has 0 aromatic carbocycles. The number of ketones is 2. The molecular weight excluding hydrogens is 382 g/mol. The number of amides is 1. The number of hydrogen-bond acceptors (Lipinski definition) is 6. The SMILES string of the molecule is CC(C)CNC1CCCC(C(=O)C[C@H](C(=O)N[C@@H](CCN)C(=O)C(C)C)[C@H](C)O)C1. The van der Waals surface area contributed by atoms with Crippen molar-refractivity contribution in [3.63, 3.8) is 0 Å². The van der Waals surface area contributed by atoms with Crippen LogP contribution in [0.15, 0.2) is 0 Å². The third kappa shape index (κ3) is 8.82. The summed E-state index contributed by atoms with van der Waals surface area (Å²) in [5, 5.41) is 16.5. The third-order valence-electron chi connectivity index (χ3n) is 5.97. The van der Waals surface area contributed by atoms with Gasteiger partial charge in [0.1, 0.15) is 5.78 Å². The van der Waals surface area contributed by atoms with Crippen LogP contribution < -0.4 is 16.4 Å². The van der Waals surface area contributed by atoms with Crippen LogP contribution in [0.3, 0.4) is 0 Å². The van der Waals surface area contributed by atoms with E-state index in [1.807, 2.05) is 0 Å². The maximum atomic E-state index is 12.9.